The highest BCUT2D eigenvalue weighted by molar-refractivity contribution is 5.67. The molecule has 0 saturated carbocycles. The van der Waals surface area contributed by atoms with Crippen LogP contribution in [0.3, 0.4) is 0 Å². The van der Waals surface area contributed by atoms with Crippen LogP contribution in [0.4, 0.5) is 5.82 Å². The molecule has 0 radical (unpaired) electrons. The smallest absolute Gasteiger partial charge is 0.302 e. The van der Waals surface area contributed by atoms with Crippen LogP contribution in [0.1, 0.15) is 42.4 Å². The van der Waals surface area contributed by atoms with Crippen molar-refractivity contribution >= 4 is 11.8 Å². The lowest BCUT2D eigenvalue weighted by Crippen LogP contribution is -2.31. The number of anilines is 1. The van der Waals surface area contributed by atoms with E-state index in [1.54, 1.807) is 30.9 Å². The Morgan fingerprint density at radius 1 is 1.21 bits per heavy atom. The van der Waals surface area contributed by atoms with Crippen molar-refractivity contribution in [3.8, 4) is 17.1 Å². The number of pyridine rings is 1. The van der Waals surface area contributed by atoms with Crippen molar-refractivity contribution in [2.45, 2.75) is 45.8 Å². The van der Waals surface area contributed by atoms with Gasteiger partial charge in [0.2, 0.25) is 5.88 Å². The van der Waals surface area contributed by atoms with Gasteiger partial charge in [-0.3, -0.25) is 14.2 Å². The summed E-state index contributed by atoms with van der Waals surface area (Å²) in [6.07, 6.45) is 0.858. The van der Waals surface area contributed by atoms with E-state index in [0.717, 1.165) is 16.8 Å². The van der Waals surface area contributed by atoms with Gasteiger partial charge in [0.1, 0.15) is 17.6 Å². The van der Waals surface area contributed by atoms with E-state index >= 15 is 0 Å². The summed E-state index contributed by atoms with van der Waals surface area (Å²) in [7, 11) is 3.28. The van der Waals surface area contributed by atoms with Gasteiger partial charge in [0.25, 0.3) is 5.56 Å². The highest BCUT2D eigenvalue weighted by atomic mass is 16.5. The van der Waals surface area contributed by atoms with Crippen molar-refractivity contribution < 1.29 is 14.3 Å². The fourth-order valence-corrected chi connectivity index (χ4v) is 4.39. The average Bonchev–Trinajstić information content (AvgIpc) is 3.13. The molecule has 172 valence electrons. The van der Waals surface area contributed by atoms with Gasteiger partial charge in [0, 0.05) is 32.0 Å². The zero-order chi connectivity index (χ0) is 23.7. The number of carbonyl (C=O) groups excluding carboxylic acids is 1. The minimum atomic E-state index is -0.368. The Hall–Kier alpha value is -3.68. The van der Waals surface area contributed by atoms with Crippen LogP contribution in [-0.2, 0) is 29.4 Å². The van der Waals surface area contributed by atoms with Crippen molar-refractivity contribution in [3.63, 3.8) is 0 Å². The van der Waals surface area contributed by atoms with Gasteiger partial charge in [0.15, 0.2) is 0 Å². The lowest BCUT2D eigenvalue weighted by Gasteiger charge is -2.25. The van der Waals surface area contributed by atoms with Gasteiger partial charge in [-0.1, -0.05) is 31.2 Å². The largest absolute Gasteiger partial charge is 0.481 e. The van der Waals surface area contributed by atoms with Crippen LogP contribution >= 0.6 is 0 Å². The van der Waals surface area contributed by atoms with Crippen molar-refractivity contribution in [1.29, 1.82) is 0 Å². The summed E-state index contributed by atoms with van der Waals surface area (Å²) in [5.74, 6) is 0.767. The highest BCUT2D eigenvalue weighted by Crippen LogP contribution is 2.36. The number of nitrogens with zero attached hydrogens (tertiary/aromatic N) is 3. The second-order valence-corrected chi connectivity index (χ2v) is 8.13. The zero-order valence-corrected chi connectivity index (χ0v) is 19.5. The summed E-state index contributed by atoms with van der Waals surface area (Å²) in [5.41, 5.74) is 4.36. The van der Waals surface area contributed by atoms with E-state index in [1.165, 1.54) is 6.92 Å². The molecule has 1 N–H and O–H groups in total. The molecule has 33 heavy (non-hydrogen) atoms. The molecule has 3 aromatic rings. The molecule has 1 aromatic carbocycles. The lowest BCUT2D eigenvalue weighted by atomic mass is 10.1. The van der Waals surface area contributed by atoms with Crippen LogP contribution in [-0.4, -0.2) is 33.7 Å². The van der Waals surface area contributed by atoms with Crippen LogP contribution in [0, 0.1) is 6.92 Å². The molecule has 2 aromatic heterocycles. The number of hydrogen-bond acceptors (Lipinski definition) is 7. The number of hydrogen-bond donors (Lipinski definition) is 1. The molecule has 0 amide bonds. The van der Waals surface area contributed by atoms with Crippen LogP contribution < -0.4 is 15.6 Å². The third-order valence-electron chi connectivity index (χ3n) is 6.01. The first-order chi connectivity index (χ1) is 15.8. The zero-order valence-electron chi connectivity index (χ0n) is 19.5. The molecule has 0 spiro atoms. The van der Waals surface area contributed by atoms with E-state index in [1.807, 2.05) is 38.1 Å². The number of esters is 1. The standard InChI is InChI=1S/C25H28N4O4/c1-6-19-24(28-22-18-10-8-7-9-16(18)13-20(22)33-15(3)30)29(4)25(31)23(27-19)17-11-12-21(32-5)26-14(17)2/h7-12,20,22,28H,6,13H2,1-5H3/t20-,22?/m0/s1. The summed E-state index contributed by atoms with van der Waals surface area (Å²) in [6.45, 7) is 5.23. The van der Waals surface area contributed by atoms with E-state index in [4.69, 9.17) is 14.5 Å². The first kappa shape index (κ1) is 22.5. The number of ether oxygens (including phenoxy) is 2. The van der Waals surface area contributed by atoms with Crippen LogP contribution in [0.5, 0.6) is 5.88 Å². The quantitative estimate of drug-likeness (QED) is 0.578. The van der Waals surface area contributed by atoms with Crippen LogP contribution in [0.25, 0.3) is 11.3 Å². The Balaban J connectivity index is 1.78. The lowest BCUT2D eigenvalue weighted by molar-refractivity contribution is -0.146. The topological polar surface area (TPSA) is 95.3 Å². The predicted molar refractivity (Wildman–Crippen MR) is 125 cm³/mol. The van der Waals surface area contributed by atoms with Gasteiger partial charge in [-0.2, -0.15) is 0 Å². The van der Waals surface area contributed by atoms with Crippen molar-refractivity contribution in [3.05, 3.63) is 69.3 Å². The van der Waals surface area contributed by atoms with Crippen LogP contribution in [0.15, 0.2) is 41.2 Å². The molecular weight excluding hydrogens is 420 g/mol. The molecule has 1 aliphatic carbocycles. The number of nitrogens with one attached hydrogen (secondary N) is 1. The number of rotatable bonds is 6. The van der Waals surface area contributed by atoms with Crippen molar-refractivity contribution in [1.82, 2.24) is 14.5 Å². The van der Waals surface area contributed by atoms with Gasteiger partial charge in [-0.25, -0.2) is 9.97 Å². The first-order valence-electron chi connectivity index (χ1n) is 11.0. The molecule has 0 saturated heterocycles. The maximum absolute atomic E-state index is 13.4. The summed E-state index contributed by atoms with van der Waals surface area (Å²) < 4.78 is 12.4. The summed E-state index contributed by atoms with van der Waals surface area (Å²) in [6, 6.07) is 11.2. The SMILES string of the molecule is CCc1nc(-c2ccc(OC)nc2C)c(=O)n(C)c1NC1c2ccccc2C[C@@H]1OC(C)=O. The fourth-order valence-electron chi connectivity index (χ4n) is 4.39. The maximum Gasteiger partial charge on any atom is 0.302 e. The molecule has 1 unspecified atom stereocenters. The van der Waals surface area contributed by atoms with Crippen LogP contribution in [0.2, 0.25) is 0 Å². The number of benzene rings is 1. The molecule has 1 aliphatic rings. The first-order valence-corrected chi connectivity index (χ1v) is 11.0. The number of aryl methyl sites for hydroxylation is 2. The number of fused-ring (bicyclic) bond motifs is 1. The Bertz CT molecular complexity index is 1270. The predicted octanol–water partition coefficient (Wildman–Crippen LogP) is 3.36. The summed E-state index contributed by atoms with van der Waals surface area (Å²) in [5, 5.41) is 3.48. The molecule has 8 heteroatoms. The van der Waals surface area contributed by atoms with Gasteiger partial charge in [0.05, 0.1) is 24.5 Å². The number of aromatic nitrogens is 3. The molecule has 0 aliphatic heterocycles. The summed E-state index contributed by atoms with van der Waals surface area (Å²) >= 11 is 0. The highest BCUT2D eigenvalue weighted by Gasteiger charge is 2.35. The molecule has 2 atom stereocenters. The Morgan fingerprint density at radius 3 is 2.64 bits per heavy atom. The Kier molecular flexibility index (Phi) is 6.18. The molecule has 0 bridgehead atoms. The maximum atomic E-state index is 13.4. The number of methoxy groups -OCH3 is 1. The fraction of sp³-hybridized carbons (Fsp3) is 0.360. The molecular formula is C25H28N4O4. The van der Waals surface area contributed by atoms with Crippen molar-refractivity contribution in [2.24, 2.45) is 7.05 Å². The minimum Gasteiger partial charge on any atom is -0.481 e. The van der Waals surface area contributed by atoms with Gasteiger partial charge < -0.3 is 14.8 Å². The normalized spacial score (nSPS) is 16.9. The third kappa shape index (κ3) is 4.20. The van der Waals surface area contributed by atoms with Gasteiger partial charge in [-0.15, -0.1) is 0 Å². The Morgan fingerprint density at radius 2 is 1.97 bits per heavy atom. The third-order valence-corrected chi connectivity index (χ3v) is 6.01. The van der Waals surface area contributed by atoms with Crippen molar-refractivity contribution in [2.75, 3.05) is 12.4 Å². The van der Waals surface area contributed by atoms with E-state index < -0.39 is 0 Å². The molecule has 2 heterocycles. The second kappa shape index (κ2) is 9.05. The minimum absolute atomic E-state index is 0.236. The van der Waals surface area contributed by atoms with E-state index in [9.17, 15) is 9.59 Å². The average molecular weight is 449 g/mol. The second-order valence-electron chi connectivity index (χ2n) is 8.13. The molecule has 8 nitrogen and oxygen atoms in total. The van der Waals surface area contributed by atoms with E-state index in [0.29, 0.717) is 41.5 Å². The monoisotopic (exact) mass is 448 g/mol. The van der Waals surface area contributed by atoms with Gasteiger partial charge in [-0.05, 0) is 30.5 Å². The summed E-state index contributed by atoms with van der Waals surface area (Å²) in [4.78, 5) is 34.2. The van der Waals surface area contributed by atoms with Gasteiger partial charge >= 0.3 is 5.97 Å². The Labute approximate surface area is 192 Å². The van der Waals surface area contributed by atoms with E-state index in [-0.39, 0.29) is 23.7 Å². The number of carbonyl (C=O) groups is 1. The molecule has 0 fully saturated rings. The van der Waals surface area contributed by atoms with E-state index in [2.05, 4.69) is 10.3 Å². The molecule has 4 rings (SSSR count).